The van der Waals surface area contributed by atoms with Crippen LogP contribution in [0.1, 0.15) is 5.56 Å². The van der Waals surface area contributed by atoms with Crippen molar-refractivity contribution in [2.75, 3.05) is 11.8 Å². The highest BCUT2D eigenvalue weighted by molar-refractivity contribution is 7.92. The maximum absolute atomic E-state index is 12.4. The molecular formula is C14H14Cl2N2O2S. The second-order valence-corrected chi connectivity index (χ2v) is 6.85. The highest BCUT2D eigenvalue weighted by Crippen LogP contribution is 2.31. The highest BCUT2D eigenvalue weighted by atomic mass is 35.5. The average Bonchev–Trinajstić information content (AvgIpc) is 2.44. The van der Waals surface area contributed by atoms with Crippen LogP contribution in [-0.2, 0) is 16.6 Å². The molecule has 112 valence electrons. The molecule has 0 atom stereocenters. The van der Waals surface area contributed by atoms with Crippen molar-refractivity contribution in [3.8, 4) is 0 Å². The summed E-state index contributed by atoms with van der Waals surface area (Å²) in [5.41, 5.74) is 1.13. The summed E-state index contributed by atoms with van der Waals surface area (Å²) in [4.78, 5) is 0.172. The number of rotatable bonds is 5. The van der Waals surface area contributed by atoms with Crippen LogP contribution >= 0.6 is 23.2 Å². The first kappa shape index (κ1) is 16.1. The molecule has 2 aromatic rings. The summed E-state index contributed by atoms with van der Waals surface area (Å²) in [7, 11) is -1.92. The third kappa shape index (κ3) is 3.89. The molecule has 7 heteroatoms. The largest absolute Gasteiger partial charge is 0.316 e. The van der Waals surface area contributed by atoms with Crippen LogP contribution < -0.4 is 10.0 Å². The van der Waals surface area contributed by atoms with E-state index in [0.717, 1.165) is 5.56 Å². The zero-order chi connectivity index (χ0) is 15.5. The van der Waals surface area contributed by atoms with Crippen molar-refractivity contribution >= 4 is 38.9 Å². The fourth-order valence-corrected chi connectivity index (χ4v) is 3.36. The van der Waals surface area contributed by atoms with Gasteiger partial charge in [0.05, 0.1) is 20.6 Å². The Labute approximate surface area is 134 Å². The van der Waals surface area contributed by atoms with Crippen LogP contribution in [-0.4, -0.2) is 15.5 Å². The monoisotopic (exact) mass is 344 g/mol. The summed E-state index contributed by atoms with van der Waals surface area (Å²) in [5.74, 6) is 0. The smallest absolute Gasteiger partial charge is 0.261 e. The summed E-state index contributed by atoms with van der Waals surface area (Å²) >= 11 is 11.9. The highest BCUT2D eigenvalue weighted by Gasteiger charge is 2.16. The first-order chi connectivity index (χ1) is 9.94. The van der Waals surface area contributed by atoms with Gasteiger partial charge in [-0.3, -0.25) is 4.72 Å². The molecule has 0 aliphatic rings. The van der Waals surface area contributed by atoms with Crippen molar-refractivity contribution in [2.45, 2.75) is 11.4 Å². The summed E-state index contributed by atoms with van der Waals surface area (Å²) < 4.78 is 27.2. The normalized spacial score (nSPS) is 11.4. The SMILES string of the molecule is CNCc1cccc(S(=O)(=O)Nc2cccc(Cl)c2Cl)c1. The summed E-state index contributed by atoms with van der Waals surface area (Å²) in [6, 6.07) is 11.5. The van der Waals surface area contributed by atoms with Gasteiger partial charge >= 0.3 is 0 Å². The first-order valence-corrected chi connectivity index (χ1v) is 8.38. The molecule has 0 saturated heterocycles. The summed E-state index contributed by atoms with van der Waals surface area (Å²) in [6.07, 6.45) is 0. The van der Waals surface area contributed by atoms with Crippen molar-refractivity contribution in [3.05, 3.63) is 58.1 Å². The van der Waals surface area contributed by atoms with E-state index < -0.39 is 10.0 Å². The average molecular weight is 345 g/mol. The minimum absolute atomic E-state index is 0.172. The minimum Gasteiger partial charge on any atom is -0.316 e. The van der Waals surface area contributed by atoms with E-state index in [9.17, 15) is 8.42 Å². The van der Waals surface area contributed by atoms with Crippen molar-refractivity contribution in [1.29, 1.82) is 0 Å². The second kappa shape index (κ2) is 6.66. The van der Waals surface area contributed by atoms with Gasteiger partial charge in [-0.1, -0.05) is 41.4 Å². The lowest BCUT2D eigenvalue weighted by atomic mass is 10.2. The van der Waals surface area contributed by atoms with Gasteiger partial charge in [-0.25, -0.2) is 8.42 Å². The molecular weight excluding hydrogens is 331 g/mol. The van der Waals surface area contributed by atoms with Crippen LogP contribution in [0, 0.1) is 0 Å². The van der Waals surface area contributed by atoms with E-state index in [2.05, 4.69) is 10.0 Å². The van der Waals surface area contributed by atoms with E-state index in [4.69, 9.17) is 23.2 Å². The number of sulfonamides is 1. The maximum atomic E-state index is 12.4. The standard InChI is InChI=1S/C14H14Cl2N2O2S/c1-17-9-10-4-2-5-11(8-10)21(19,20)18-13-7-3-6-12(15)14(13)16/h2-8,17-18H,9H2,1H3. The Morgan fingerprint density at radius 2 is 1.81 bits per heavy atom. The lowest BCUT2D eigenvalue weighted by Crippen LogP contribution is -2.14. The fourth-order valence-electron chi connectivity index (χ4n) is 1.81. The Balaban J connectivity index is 2.34. The summed E-state index contributed by atoms with van der Waals surface area (Å²) in [6.45, 7) is 0.585. The zero-order valence-electron chi connectivity index (χ0n) is 11.2. The first-order valence-electron chi connectivity index (χ1n) is 6.14. The lowest BCUT2D eigenvalue weighted by Gasteiger charge is -2.11. The number of halogens is 2. The van der Waals surface area contributed by atoms with Crippen molar-refractivity contribution in [1.82, 2.24) is 5.32 Å². The van der Waals surface area contributed by atoms with E-state index in [1.54, 1.807) is 37.4 Å². The predicted molar refractivity (Wildman–Crippen MR) is 86.5 cm³/mol. The number of hydrogen-bond donors (Lipinski definition) is 2. The fraction of sp³-hybridized carbons (Fsp3) is 0.143. The molecule has 21 heavy (non-hydrogen) atoms. The van der Waals surface area contributed by atoms with Gasteiger partial charge in [0.25, 0.3) is 10.0 Å². The van der Waals surface area contributed by atoms with E-state index in [-0.39, 0.29) is 15.6 Å². The number of hydrogen-bond acceptors (Lipinski definition) is 3. The molecule has 0 saturated carbocycles. The lowest BCUT2D eigenvalue weighted by molar-refractivity contribution is 0.601. The Hall–Kier alpha value is -1.27. The molecule has 0 aliphatic heterocycles. The third-order valence-electron chi connectivity index (χ3n) is 2.79. The molecule has 2 rings (SSSR count). The molecule has 0 aromatic heterocycles. The van der Waals surface area contributed by atoms with E-state index in [1.165, 1.54) is 6.07 Å². The van der Waals surface area contributed by atoms with Gasteiger partial charge in [-0.05, 0) is 36.9 Å². The van der Waals surface area contributed by atoms with Crippen LogP contribution in [0.4, 0.5) is 5.69 Å². The minimum atomic E-state index is -3.71. The predicted octanol–water partition coefficient (Wildman–Crippen LogP) is 3.51. The van der Waals surface area contributed by atoms with Crippen LogP contribution in [0.15, 0.2) is 47.4 Å². The van der Waals surface area contributed by atoms with Crippen molar-refractivity contribution < 1.29 is 8.42 Å². The number of nitrogens with one attached hydrogen (secondary N) is 2. The van der Waals surface area contributed by atoms with E-state index in [1.807, 2.05) is 6.07 Å². The van der Waals surface area contributed by atoms with Crippen LogP contribution in [0.3, 0.4) is 0 Å². The van der Waals surface area contributed by atoms with Crippen molar-refractivity contribution in [2.24, 2.45) is 0 Å². The van der Waals surface area contributed by atoms with Gasteiger partial charge < -0.3 is 5.32 Å². The number of anilines is 1. The van der Waals surface area contributed by atoms with Crippen LogP contribution in [0.5, 0.6) is 0 Å². The zero-order valence-corrected chi connectivity index (χ0v) is 13.6. The Morgan fingerprint density at radius 1 is 1.10 bits per heavy atom. The van der Waals surface area contributed by atoms with Gasteiger partial charge in [0, 0.05) is 6.54 Å². The molecule has 2 aromatic carbocycles. The Bertz CT molecular complexity index is 748. The quantitative estimate of drug-likeness (QED) is 0.872. The van der Waals surface area contributed by atoms with E-state index in [0.29, 0.717) is 11.6 Å². The molecule has 0 aliphatic carbocycles. The summed E-state index contributed by atoms with van der Waals surface area (Å²) in [5, 5.41) is 3.44. The molecule has 0 bridgehead atoms. The number of benzene rings is 2. The topological polar surface area (TPSA) is 58.2 Å². The van der Waals surface area contributed by atoms with Gasteiger partial charge in [-0.2, -0.15) is 0 Å². The Kier molecular flexibility index (Phi) is 5.11. The van der Waals surface area contributed by atoms with Crippen LogP contribution in [0.25, 0.3) is 0 Å². The van der Waals surface area contributed by atoms with Gasteiger partial charge in [0.2, 0.25) is 0 Å². The second-order valence-electron chi connectivity index (χ2n) is 4.38. The molecule has 0 unspecified atom stereocenters. The van der Waals surface area contributed by atoms with Crippen LogP contribution in [0.2, 0.25) is 10.0 Å². The molecule has 2 N–H and O–H groups in total. The van der Waals surface area contributed by atoms with Gasteiger partial charge in [0.1, 0.15) is 0 Å². The van der Waals surface area contributed by atoms with Gasteiger partial charge in [-0.15, -0.1) is 0 Å². The maximum Gasteiger partial charge on any atom is 0.261 e. The molecule has 0 amide bonds. The molecule has 0 radical (unpaired) electrons. The van der Waals surface area contributed by atoms with Gasteiger partial charge in [0.15, 0.2) is 0 Å². The molecule has 0 heterocycles. The molecule has 0 fully saturated rings. The van der Waals surface area contributed by atoms with E-state index >= 15 is 0 Å². The Morgan fingerprint density at radius 3 is 2.52 bits per heavy atom. The van der Waals surface area contributed by atoms with Crippen molar-refractivity contribution in [3.63, 3.8) is 0 Å². The third-order valence-corrected chi connectivity index (χ3v) is 4.97. The molecule has 4 nitrogen and oxygen atoms in total. The molecule has 0 spiro atoms.